The number of likely N-dealkylation sites (tertiary alicyclic amines) is 1. The molecule has 0 spiro atoms. The minimum absolute atomic E-state index is 0.0163. The summed E-state index contributed by atoms with van der Waals surface area (Å²) < 4.78 is 17.6. The number of amides is 1. The number of aromatic nitrogens is 1. The maximum atomic E-state index is 13.0. The van der Waals surface area contributed by atoms with E-state index in [-0.39, 0.29) is 24.9 Å². The summed E-state index contributed by atoms with van der Waals surface area (Å²) in [6, 6.07) is 12.9. The van der Waals surface area contributed by atoms with Gasteiger partial charge >= 0.3 is 5.76 Å². The van der Waals surface area contributed by atoms with Gasteiger partial charge in [0.2, 0.25) is 5.91 Å². The van der Waals surface area contributed by atoms with Crippen molar-refractivity contribution in [2.24, 2.45) is 0 Å². The zero-order valence-electron chi connectivity index (χ0n) is 16.6. The molecule has 1 fully saturated rings. The molecule has 1 unspecified atom stereocenters. The van der Waals surface area contributed by atoms with E-state index in [4.69, 9.17) is 13.9 Å². The second kappa shape index (κ2) is 8.03. The molecule has 0 radical (unpaired) electrons. The van der Waals surface area contributed by atoms with Crippen LogP contribution in [0.4, 0.5) is 0 Å². The summed E-state index contributed by atoms with van der Waals surface area (Å²) >= 11 is 0. The third-order valence-electron chi connectivity index (χ3n) is 5.50. The van der Waals surface area contributed by atoms with Crippen LogP contribution in [0.1, 0.15) is 30.9 Å². The van der Waals surface area contributed by atoms with Crippen molar-refractivity contribution in [3.8, 4) is 11.5 Å². The van der Waals surface area contributed by atoms with Gasteiger partial charge in [-0.15, -0.1) is 0 Å². The van der Waals surface area contributed by atoms with Crippen molar-refractivity contribution in [1.29, 1.82) is 0 Å². The fraction of sp³-hybridized carbons (Fsp3) is 0.364. The van der Waals surface area contributed by atoms with Gasteiger partial charge in [0.25, 0.3) is 0 Å². The maximum Gasteiger partial charge on any atom is 0.419 e. The molecule has 29 heavy (non-hydrogen) atoms. The number of carbonyl (C=O) groups excluding carboxylic acids is 1. The highest BCUT2D eigenvalue weighted by Crippen LogP contribution is 2.39. The molecule has 1 aromatic heterocycles. The summed E-state index contributed by atoms with van der Waals surface area (Å²) in [6.07, 6.45) is 2.04. The van der Waals surface area contributed by atoms with Gasteiger partial charge in [0.1, 0.15) is 11.5 Å². The Morgan fingerprint density at radius 3 is 2.79 bits per heavy atom. The minimum Gasteiger partial charge on any atom is -0.497 e. The Kier molecular flexibility index (Phi) is 5.29. The van der Waals surface area contributed by atoms with E-state index in [9.17, 15) is 9.59 Å². The lowest BCUT2D eigenvalue weighted by molar-refractivity contribution is -0.132. The highest BCUT2D eigenvalue weighted by Gasteiger charge is 2.31. The molecule has 2 heterocycles. The third kappa shape index (κ3) is 3.60. The van der Waals surface area contributed by atoms with Crippen LogP contribution < -0.4 is 15.2 Å². The Balaban J connectivity index is 1.52. The van der Waals surface area contributed by atoms with E-state index in [0.717, 1.165) is 18.4 Å². The summed E-state index contributed by atoms with van der Waals surface area (Å²) in [5, 5.41) is 0. The van der Waals surface area contributed by atoms with Crippen LogP contribution in [-0.2, 0) is 11.3 Å². The number of fused-ring (bicyclic) bond motifs is 1. The minimum atomic E-state index is -0.436. The number of hydrogen-bond donors (Lipinski definition) is 0. The number of ether oxygens (including phenoxy) is 2. The molecule has 1 saturated heterocycles. The summed E-state index contributed by atoms with van der Waals surface area (Å²) in [5.41, 5.74) is 2.22. The fourth-order valence-electron chi connectivity index (χ4n) is 4.06. The number of nitrogens with zero attached hydrogens (tertiary/aromatic N) is 2. The smallest absolute Gasteiger partial charge is 0.419 e. The number of carbonyl (C=O) groups is 1. The molecule has 1 amide bonds. The highest BCUT2D eigenvalue weighted by molar-refractivity contribution is 5.78. The van der Waals surface area contributed by atoms with Crippen LogP contribution in [0.3, 0.4) is 0 Å². The third-order valence-corrected chi connectivity index (χ3v) is 5.50. The molecule has 1 aliphatic heterocycles. The molecular weight excluding hydrogens is 372 g/mol. The summed E-state index contributed by atoms with van der Waals surface area (Å²) in [7, 11) is 3.23. The molecule has 0 saturated carbocycles. The fourth-order valence-corrected chi connectivity index (χ4v) is 4.06. The molecule has 0 bridgehead atoms. The van der Waals surface area contributed by atoms with E-state index in [0.29, 0.717) is 29.1 Å². The zero-order chi connectivity index (χ0) is 20.4. The van der Waals surface area contributed by atoms with Gasteiger partial charge in [0.05, 0.1) is 25.8 Å². The Morgan fingerprint density at radius 1 is 1.17 bits per heavy atom. The molecule has 152 valence electrons. The van der Waals surface area contributed by atoms with Crippen molar-refractivity contribution in [2.45, 2.75) is 31.8 Å². The van der Waals surface area contributed by atoms with E-state index >= 15 is 0 Å². The number of hydrogen-bond acceptors (Lipinski definition) is 5. The first kappa shape index (κ1) is 19.1. The monoisotopic (exact) mass is 396 g/mol. The van der Waals surface area contributed by atoms with Gasteiger partial charge in [-0.2, -0.15) is 0 Å². The molecule has 1 aliphatic rings. The molecule has 2 aromatic carbocycles. The van der Waals surface area contributed by atoms with Crippen LogP contribution in [0.25, 0.3) is 11.1 Å². The predicted molar refractivity (Wildman–Crippen MR) is 108 cm³/mol. The normalized spacial score (nSPS) is 16.3. The number of aryl methyl sites for hydroxylation is 1. The first-order chi connectivity index (χ1) is 14.1. The van der Waals surface area contributed by atoms with Gasteiger partial charge < -0.3 is 18.8 Å². The van der Waals surface area contributed by atoms with E-state index in [1.165, 1.54) is 4.57 Å². The van der Waals surface area contributed by atoms with E-state index < -0.39 is 5.76 Å². The molecule has 4 rings (SSSR count). The lowest BCUT2D eigenvalue weighted by atomic mass is 10.0. The number of oxazole rings is 1. The van der Waals surface area contributed by atoms with Crippen LogP contribution in [0, 0.1) is 0 Å². The predicted octanol–water partition coefficient (Wildman–Crippen LogP) is 3.37. The second-order valence-corrected chi connectivity index (χ2v) is 7.09. The Hall–Kier alpha value is -3.22. The van der Waals surface area contributed by atoms with E-state index in [2.05, 4.69) is 0 Å². The van der Waals surface area contributed by atoms with Crippen molar-refractivity contribution < 1.29 is 18.7 Å². The first-order valence-corrected chi connectivity index (χ1v) is 9.72. The highest BCUT2D eigenvalue weighted by atomic mass is 16.5. The topological polar surface area (TPSA) is 73.9 Å². The Labute approximate surface area is 168 Å². The zero-order valence-corrected chi connectivity index (χ0v) is 16.6. The molecule has 7 nitrogen and oxygen atoms in total. The molecular formula is C22H24N2O5. The average molecular weight is 396 g/mol. The second-order valence-electron chi connectivity index (χ2n) is 7.09. The van der Waals surface area contributed by atoms with E-state index in [1.54, 1.807) is 20.3 Å². The largest absolute Gasteiger partial charge is 0.497 e. The average Bonchev–Trinajstić information content (AvgIpc) is 3.35. The Morgan fingerprint density at radius 2 is 2.00 bits per heavy atom. The summed E-state index contributed by atoms with van der Waals surface area (Å²) in [6.45, 7) is 0.983. The van der Waals surface area contributed by atoms with Gasteiger partial charge in [-0.3, -0.25) is 9.36 Å². The van der Waals surface area contributed by atoms with E-state index in [1.807, 2.05) is 41.3 Å². The number of para-hydroxylation sites is 2. The SMILES string of the molecule is COc1ccc(C2CCCN2C(=O)CCn2c(=O)oc3ccccc32)c(OC)c1. The standard InChI is InChI=1S/C22H24N2O5/c1-27-15-9-10-16(20(14-15)28-2)17-7-5-12-23(17)21(25)11-13-24-18-6-3-4-8-19(18)29-22(24)26/h3-4,6,8-10,14,17H,5,7,11-13H2,1-2H3. The van der Waals surface area contributed by atoms with Gasteiger partial charge in [-0.05, 0) is 37.1 Å². The molecule has 3 aromatic rings. The quantitative estimate of drug-likeness (QED) is 0.639. The van der Waals surface area contributed by atoms with Crippen molar-refractivity contribution in [2.75, 3.05) is 20.8 Å². The number of rotatable bonds is 6. The van der Waals surface area contributed by atoms with Crippen molar-refractivity contribution >= 4 is 17.0 Å². The van der Waals surface area contributed by atoms with Crippen LogP contribution in [0.5, 0.6) is 11.5 Å². The van der Waals surface area contributed by atoms with Gasteiger partial charge in [-0.25, -0.2) is 4.79 Å². The Bertz CT molecular complexity index is 1080. The van der Waals surface area contributed by atoms with Crippen molar-refractivity contribution in [3.63, 3.8) is 0 Å². The van der Waals surface area contributed by atoms with Crippen LogP contribution in [-0.4, -0.2) is 36.1 Å². The molecule has 0 N–H and O–H groups in total. The van der Waals surface area contributed by atoms with Crippen molar-refractivity contribution in [1.82, 2.24) is 9.47 Å². The summed E-state index contributed by atoms with van der Waals surface area (Å²) in [4.78, 5) is 27.0. The van der Waals surface area contributed by atoms with Gasteiger partial charge in [0.15, 0.2) is 5.58 Å². The number of benzene rings is 2. The van der Waals surface area contributed by atoms with Crippen molar-refractivity contribution in [3.05, 3.63) is 58.6 Å². The number of methoxy groups -OCH3 is 2. The van der Waals surface area contributed by atoms with Gasteiger partial charge in [-0.1, -0.05) is 12.1 Å². The lowest BCUT2D eigenvalue weighted by Crippen LogP contribution is -2.32. The summed E-state index contributed by atoms with van der Waals surface area (Å²) in [5.74, 6) is 1.01. The molecule has 0 aliphatic carbocycles. The lowest BCUT2D eigenvalue weighted by Gasteiger charge is -2.26. The molecule has 1 atom stereocenters. The maximum absolute atomic E-state index is 13.0. The molecule has 7 heteroatoms. The van der Waals surface area contributed by atoms with Crippen LogP contribution in [0.15, 0.2) is 51.7 Å². The van der Waals surface area contributed by atoms with Crippen LogP contribution >= 0.6 is 0 Å². The van der Waals surface area contributed by atoms with Gasteiger partial charge in [0, 0.05) is 31.1 Å². The first-order valence-electron chi connectivity index (χ1n) is 9.72. The van der Waals surface area contributed by atoms with Crippen LogP contribution in [0.2, 0.25) is 0 Å².